The molecule has 1 aromatic heterocycles. The van der Waals surface area contributed by atoms with Crippen LogP contribution >= 0.6 is 22.6 Å². The average molecular weight is 307 g/mol. The van der Waals surface area contributed by atoms with Gasteiger partial charge < -0.3 is 9.73 Å². The second kappa shape index (κ2) is 6.86. The van der Waals surface area contributed by atoms with Gasteiger partial charge in [0.1, 0.15) is 5.76 Å². The summed E-state index contributed by atoms with van der Waals surface area (Å²) in [5.74, 6) is 0.972. The van der Waals surface area contributed by atoms with Gasteiger partial charge in [-0.1, -0.05) is 22.6 Å². The number of halogens is 1. The molecule has 0 saturated heterocycles. The summed E-state index contributed by atoms with van der Waals surface area (Å²) >= 11 is 2.30. The Morgan fingerprint density at radius 2 is 2.43 bits per heavy atom. The van der Waals surface area contributed by atoms with Crippen molar-refractivity contribution in [2.75, 3.05) is 11.0 Å². The fourth-order valence-electron chi connectivity index (χ4n) is 1.07. The van der Waals surface area contributed by atoms with Crippen molar-refractivity contribution < 1.29 is 9.21 Å². The zero-order chi connectivity index (χ0) is 10.2. The first kappa shape index (κ1) is 11.6. The maximum atomic E-state index is 11.3. The molecule has 4 heteroatoms. The highest BCUT2D eigenvalue weighted by Crippen LogP contribution is 2.03. The van der Waals surface area contributed by atoms with Crippen LogP contribution in [0.5, 0.6) is 0 Å². The summed E-state index contributed by atoms with van der Waals surface area (Å²) in [6, 6.07) is 3.72. The van der Waals surface area contributed by atoms with Crippen LogP contribution in [0.15, 0.2) is 22.8 Å². The number of rotatable bonds is 6. The molecule has 1 heterocycles. The number of furan rings is 1. The molecule has 78 valence electrons. The molecule has 0 unspecified atom stereocenters. The summed E-state index contributed by atoms with van der Waals surface area (Å²) in [5, 5.41) is 2.86. The van der Waals surface area contributed by atoms with E-state index in [0.29, 0.717) is 12.8 Å². The van der Waals surface area contributed by atoms with Crippen LogP contribution in [-0.4, -0.2) is 16.9 Å². The van der Waals surface area contributed by atoms with Crippen molar-refractivity contribution >= 4 is 28.5 Å². The maximum Gasteiger partial charge on any atom is 0.220 e. The first-order valence-electron chi connectivity index (χ1n) is 4.68. The number of nitrogens with one attached hydrogen (secondary N) is 1. The standard InChI is InChI=1S/C10H14INO2/c11-6-2-7-12-10(13)5-4-9-3-1-8-14-9/h1,3,8H,2,4-7H2,(H,12,13). The van der Waals surface area contributed by atoms with E-state index >= 15 is 0 Å². The second-order valence-corrected chi connectivity index (χ2v) is 4.05. The molecule has 0 aromatic carbocycles. The molecule has 0 fully saturated rings. The van der Waals surface area contributed by atoms with Gasteiger partial charge in [0.15, 0.2) is 0 Å². The van der Waals surface area contributed by atoms with Gasteiger partial charge in [-0.05, 0) is 18.6 Å². The molecule has 3 nitrogen and oxygen atoms in total. The number of carbonyl (C=O) groups excluding carboxylic acids is 1. The monoisotopic (exact) mass is 307 g/mol. The number of carbonyl (C=O) groups is 1. The predicted octanol–water partition coefficient (Wildman–Crippen LogP) is 2.15. The minimum atomic E-state index is 0.103. The topological polar surface area (TPSA) is 42.2 Å². The van der Waals surface area contributed by atoms with Crippen LogP contribution in [0.2, 0.25) is 0 Å². The minimum absolute atomic E-state index is 0.103. The van der Waals surface area contributed by atoms with Crippen molar-refractivity contribution in [3.8, 4) is 0 Å². The van der Waals surface area contributed by atoms with Crippen LogP contribution < -0.4 is 5.32 Å². The lowest BCUT2D eigenvalue weighted by molar-refractivity contribution is -0.121. The van der Waals surface area contributed by atoms with E-state index in [1.54, 1.807) is 6.26 Å². The largest absolute Gasteiger partial charge is 0.469 e. The lowest BCUT2D eigenvalue weighted by atomic mass is 10.2. The Labute approximate surface area is 97.4 Å². The van der Waals surface area contributed by atoms with Crippen LogP contribution in [0.25, 0.3) is 0 Å². The van der Waals surface area contributed by atoms with Crippen LogP contribution in [0, 0.1) is 0 Å². The first-order chi connectivity index (χ1) is 6.83. The molecular weight excluding hydrogens is 293 g/mol. The smallest absolute Gasteiger partial charge is 0.220 e. The summed E-state index contributed by atoms with van der Waals surface area (Å²) in [6.45, 7) is 0.778. The van der Waals surface area contributed by atoms with Gasteiger partial charge in [0, 0.05) is 23.8 Å². The molecule has 0 aliphatic heterocycles. The van der Waals surface area contributed by atoms with Gasteiger partial charge in [-0.15, -0.1) is 0 Å². The molecular formula is C10H14INO2. The molecule has 1 amide bonds. The highest BCUT2D eigenvalue weighted by atomic mass is 127. The van der Waals surface area contributed by atoms with Crippen LogP contribution in [0.4, 0.5) is 0 Å². The lowest BCUT2D eigenvalue weighted by Crippen LogP contribution is -2.24. The Morgan fingerprint density at radius 3 is 3.07 bits per heavy atom. The van der Waals surface area contributed by atoms with E-state index < -0.39 is 0 Å². The minimum Gasteiger partial charge on any atom is -0.469 e. The third-order valence-corrected chi connectivity index (χ3v) is 2.57. The number of amides is 1. The highest BCUT2D eigenvalue weighted by molar-refractivity contribution is 14.1. The Kier molecular flexibility index (Phi) is 5.66. The van der Waals surface area contributed by atoms with Gasteiger partial charge >= 0.3 is 0 Å². The molecule has 0 spiro atoms. The summed E-state index contributed by atoms with van der Waals surface area (Å²) in [5.41, 5.74) is 0. The summed E-state index contributed by atoms with van der Waals surface area (Å²) in [7, 11) is 0. The van der Waals surface area contributed by atoms with E-state index in [9.17, 15) is 4.79 Å². The Hall–Kier alpha value is -0.520. The van der Waals surface area contributed by atoms with Crippen LogP contribution in [0.3, 0.4) is 0 Å². The fourth-order valence-corrected chi connectivity index (χ4v) is 1.46. The molecule has 0 aliphatic rings. The van der Waals surface area contributed by atoms with Crippen molar-refractivity contribution in [1.82, 2.24) is 5.32 Å². The van der Waals surface area contributed by atoms with Crippen molar-refractivity contribution in [1.29, 1.82) is 0 Å². The van der Waals surface area contributed by atoms with Crippen molar-refractivity contribution in [3.63, 3.8) is 0 Å². The van der Waals surface area contributed by atoms with Gasteiger partial charge in [0.2, 0.25) is 5.91 Å². The van der Waals surface area contributed by atoms with E-state index in [4.69, 9.17) is 4.42 Å². The number of hydrogen-bond donors (Lipinski definition) is 1. The van der Waals surface area contributed by atoms with Crippen molar-refractivity contribution in [2.45, 2.75) is 19.3 Å². The molecule has 1 N–H and O–H groups in total. The average Bonchev–Trinajstić information content (AvgIpc) is 2.68. The fraction of sp³-hybridized carbons (Fsp3) is 0.500. The molecule has 0 bridgehead atoms. The number of aryl methyl sites for hydroxylation is 1. The third-order valence-electron chi connectivity index (χ3n) is 1.81. The Balaban J connectivity index is 2.09. The van der Waals surface area contributed by atoms with Crippen molar-refractivity contribution in [3.05, 3.63) is 24.2 Å². The maximum absolute atomic E-state index is 11.3. The van der Waals surface area contributed by atoms with Gasteiger partial charge in [0.25, 0.3) is 0 Å². The normalized spacial score (nSPS) is 10.1. The molecule has 1 rings (SSSR count). The molecule has 0 atom stereocenters. The summed E-state index contributed by atoms with van der Waals surface area (Å²) in [4.78, 5) is 11.3. The summed E-state index contributed by atoms with van der Waals surface area (Å²) in [6.07, 6.45) is 3.86. The van der Waals surface area contributed by atoms with Gasteiger partial charge in [-0.25, -0.2) is 0 Å². The second-order valence-electron chi connectivity index (χ2n) is 2.97. The molecule has 1 aromatic rings. The zero-order valence-corrected chi connectivity index (χ0v) is 10.1. The molecule has 14 heavy (non-hydrogen) atoms. The summed E-state index contributed by atoms with van der Waals surface area (Å²) < 4.78 is 6.21. The number of hydrogen-bond acceptors (Lipinski definition) is 2. The van der Waals surface area contributed by atoms with E-state index in [-0.39, 0.29) is 5.91 Å². The van der Waals surface area contributed by atoms with Gasteiger partial charge in [-0.2, -0.15) is 0 Å². The van der Waals surface area contributed by atoms with Crippen molar-refractivity contribution in [2.24, 2.45) is 0 Å². The molecule has 0 saturated carbocycles. The van der Waals surface area contributed by atoms with E-state index in [1.165, 1.54) is 0 Å². The highest BCUT2D eigenvalue weighted by Gasteiger charge is 2.02. The first-order valence-corrected chi connectivity index (χ1v) is 6.20. The van der Waals surface area contributed by atoms with Crippen LogP contribution in [-0.2, 0) is 11.2 Å². The Bertz CT molecular complexity index is 259. The lowest BCUT2D eigenvalue weighted by Gasteiger charge is -2.02. The quantitative estimate of drug-likeness (QED) is 0.497. The number of alkyl halides is 1. The molecule has 0 radical (unpaired) electrons. The van der Waals surface area contributed by atoms with Gasteiger partial charge in [0.05, 0.1) is 6.26 Å². The van der Waals surface area contributed by atoms with E-state index in [0.717, 1.165) is 23.2 Å². The van der Waals surface area contributed by atoms with E-state index in [1.807, 2.05) is 12.1 Å². The predicted molar refractivity (Wildman–Crippen MR) is 63.5 cm³/mol. The SMILES string of the molecule is O=C(CCc1ccco1)NCCCI. The van der Waals surface area contributed by atoms with Crippen LogP contribution in [0.1, 0.15) is 18.6 Å². The molecule has 0 aliphatic carbocycles. The van der Waals surface area contributed by atoms with Gasteiger partial charge in [-0.3, -0.25) is 4.79 Å². The Morgan fingerprint density at radius 1 is 1.57 bits per heavy atom. The van der Waals surface area contributed by atoms with E-state index in [2.05, 4.69) is 27.9 Å². The third kappa shape index (κ3) is 4.64. The zero-order valence-electron chi connectivity index (χ0n) is 7.96.